The molecule has 1 aliphatic carbocycles. The lowest BCUT2D eigenvalue weighted by molar-refractivity contribution is -0.136. The van der Waals surface area contributed by atoms with Gasteiger partial charge in [0, 0.05) is 48.7 Å². The molecular formula is C38H52ClFN4O5S. The summed E-state index contributed by atoms with van der Waals surface area (Å²) in [6.07, 6.45) is 6.11. The van der Waals surface area contributed by atoms with E-state index >= 15 is 4.39 Å². The van der Waals surface area contributed by atoms with Crippen LogP contribution in [0.5, 0.6) is 5.75 Å². The summed E-state index contributed by atoms with van der Waals surface area (Å²) in [6, 6.07) is 9.92. The summed E-state index contributed by atoms with van der Waals surface area (Å²) >= 11 is 6.31. The van der Waals surface area contributed by atoms with Crippen molar-refractivity contribution in [3.63, 3.8) is 0 Å². The number of benzene rings is 2. The van der Waals surface area contributed by atoms with Crippen molar-refractivity contribution in [3.8, 4) is 5.75 Å². The first-order chi connectivity index (χ1) is 23.5. The Hall–Kier alpha value is -3.15. The Labute approximate surface area is 302 Å². The molecule has 0 radical (unpaired) electrons. The van der Waals surface area contributed by atoms with Crippen LogP contribution in [-0.2, 0) is 26.7 Å². The molecule has 2 aromatic rings. The number of amides is 2. The molecule has 3 aliphatic rings. The van der Waals surface area contributed by atoms with Gasteiger partial charge in [-0.3, -0.25) is 14.5 Å². The van der Waals surface area contributed by atoms with Gasteiger partial charge in [-0.1, -0.05) is 30.7 Å². The highest BCUT2D eigenvalue weighted by atomic mass is 35.5. The van der Waals surface area contributed by atoms with Crippen LogP contribution in [0, 0.1) is 5.92 Å². The largest absolute Gasteiger partial charge is 0.490 e. The maximum atomic E-state index is 15.9. The fraction of sp³-hybridized carbons (Fsp3) is 0.579. The predicted octanol–water partition coefficient (Wildman–Crippen LogP) is 6.49. The maximum absolute atomic E-state index is 15.9. The molecule has 2 aliphatic heterocycles. The molecule has 1 saturated heterocycles. The Morgan fingerprint density at radius 1 is 1.16 bits per heavy atom. The minimum Gasteiger partial charge on any atom is -0.490 e. The number of hydrogen-bond donors (Lipinski definition) is 1. The summed E-state index contributed by atoms with van der Waals surface area (Å²) in [4.78, 5) is 32.3. The number of rotatable bonds is 10. The van der Waals surface area contributed by atoms with Crippen LogP contribution < -0.4 is 14.4 Å². The average Bonchev–Trinajstić information content (AvgIpc) is 3.43. The fourth-order valence-electron chi connectivity index (χ4n) is 7.63. The molecule has 0 saturated carbocycles. The monoisotopic (exact) mass is 730 g/mol. The summed E-state index contributed by atoms with van der Waals surface area (Å²) in [6.45, 7) is 10.7. The van der Waals surface area contributed by atoms with Crippen LogP contribution >= 0.6 is 11.6 Å². The number of hydrogen-bond acceptors (Lipinski definition) is 7. The van der Waals surface area contributed by atoms with E-state index in [0.29, 0.717) is 36.2 Å². The summed E-state index contributed by atoms with van der Waals surface area (Å²) in [5, 5.41) is -0.298. The smallest absolute Gasteiger partial charge is 0.264 e. The number of anilines is 1. The van der Waals surface area contributed by atoms with Crippen LogP contribution in [0.3, 0.4) is 0 Å². The van der Waals surface area contributed by atoms with E-state index in [1.807, 2.05) is 44.9 Å². The summed E-state index contributed by atoms with van der Waals surface area (Å²) in [5.74, 6) is -1.56. The molecule has 50 heavy (non-hydrogen) atoms. The quantitative estimate of drug-likeness (QED) is 0.299. The van der Waals surface area contributed by atoms with Gasteiger partial charge in [0.05, 0.1) is 17.5 Å². The van der Waals surface area contributed by atoms with Crippen LogP contribution in [0.25, 0.3) is 0 Å². The molecule has 0 unspecified atom stereocenters. The van der Waals surface area contributed by atoms with Crippen LogP contribution in [-0.4, -0.2) is 87.2 Å². The second-order valence-electron chi connectivity index (χ2n) is 14.9. The highest BCUT2D eigenvalue weighted by Gasteiger charge is 2.41. The average molecular weight is 731 g/mol. The molecule has 2 heterocycles. The van der Waals surface area contributed by atoms with Crippen molar-refractivity contribution in [1.29, 1.82) is 0 Å². The van der Waals surface area contributed by atoms with Gasteiger partial charge in [-0.2, -0.15) is 0 Å². The van der Waals surface area contributed by atoms with Gasteiger partial charge in [-0.25, -0.2) is 17.5 Å². The van der Waals surface area contributed by atoms with Crippen molar-refractivity contribution in [1.82, 2.24) is 14.5 Å². The zero-order valence-electron chi connectivity index (χ0n) is 30.3. The molecule has 5 rings (SSSR count). The van der Waals surface area contributed by atoms with E-state index in [1.165, 1.54) is 24.1 Å². The van der Waals surface area contributed by atoms with Crippen LogP contribution in [0.1, 0.15) is 88.2 Å². The molecule has 1 N–H and O–H groups in total. The zero-order chi connectivity index (χ0) is 36.5. The van der Waals surface area contributed by atoms with Crippen LogP contribution in [0.4, 0.5) is 10.1 Å². The number of ether oxygens (including phenoxy) is 1. The van der Waals surface area contributed by atoms with E-state index in [1.54, 1.807) is 37.1 Å². The Balaban J connectivity index is 1.27. The first-order valence-corrected chi connectivity index (χ1v) is 19.7. The molecule has 2 amide bonds. The number of likely N-dealkylation sites (tertiary alicyclic amines) is 1. The van der Waals surface area contributed by atoms with Gasteiger partial charge in [0.1, 0.15) is 17.6 Å². The molecular weight excluding hydrogens is 679 g/mol. The molecule has 0 bridgehead atoms. The number of carbonyl (C=O) groups excluding carboxylic acids is 2. The number of nitrogens with zero attached hydrogens (tertiary/aromatic N) is 3. The van der Waals surface area contributed by atoms with Crippen molar-refractivity contribution in [3.05, 3.63) is 70.0 Å². The number of aryl methyl sites for hydroxylation is 1. The molecule has 274 valence electrons. The zero-order valence-corrected chi connectivity index (χ0v) is 31.9. The molecule has 1 spiro atoms. The first-order valence-electron chi connectivity index (χ1n) is 17.8. The standard InChI is InChI=1S/C38H52ClFN4O5S/c1-24(2)43(7)37(46)35(44-19-9-10-26(44)4)32(40)16-12-25(3)27(5)50(47,48)41-36(45)29-13-17-34-33(21-29)42(6)22-38(23-49-34)18-8-11-28-20-30(39)14-15-31(28)38/h13-17,20-21,24-27,35H,8-12,18-19,22-23H2,1-7H3,(H,41,45)/b32-16-/t25-,26+,27+,35+,38-/m0/s1. The first kappa shape index (κ1) is 38.1. The summed E-state index contributed by atoms with van der Waals surface area (Å²) < 4.78 is 51.4. The van der Waals surface area contributed by atoms with Gasteiger partial charge in [0.15, 0.2) is 0 Å². The van der Waals surface area contributed by atoms with E-state index < -0.39 is 39.0 Å². The van der Waals surface area contributed by atoms with Gasteiger partial charge < -0.3 is 14.5 Å². The number of halogens is 2. The van der Waals surface area contributed by atoms with E-state index in [0.717, 1.165) is 32.1 Å². The third-order valence-corrected chi connectivity index (χ3v) is 13.3. The minimum absolute atomic E-state index is 0.0552. The lowest BCUT2D eigenvalue weighted by Crippen LogP contribution is -2.50. The van der Waals surface area contributed by atoms with E-state index in [9.17, 15) is 18.0 Å². The number of nitrogens with one attached hydrogen (secondary N) is 1. The third kappa shape index (κ3) is 7.84. The molecule has 9 nitrogen and oxygen atoms in total. The molecule has 12 heteroatoms. The molecule has 1 fully saturated rings. The molecule has 0 aromatic heterocycles. The Bertz CT molecular complexity index is 1740. The second-order valence-corrected chi connectivity index (χ2v) is 17.4. The topological polar surface area (TPSA) is 99.3 Å². The number of carbonyl (C=O) groups is 2. The number of fused-ring (bicyclic) bond motifs is 3. The normalized spacial score (nSPS) is 23.0. The predicted molar refractivity (Wildman–Crippen MR) is 197 cm³/mol. The highest BCUT2D eigenvalue weighted by Crippen LogP contribution is 2.44. The van der Waals surface area contributed by atoms with Crippen molar-refractivity contribution >= 4 is 39.1 Å². The van der Waals surface area contributed by atoms with E-state index in [-0.39, 0.29) is 35.4 Å². The van der Waals surface area contributed by atoms with E-state index in [4.69, 9.17) is 16.3 Å². The van der Waals surface area contributed by atoms with Gasteiger partial charge in [0.25, 0.3) is 5.91 Å². The van der Waals surface area contributed by atoms with Crippen molar-refractivity contribution in [2.24, 2.45) is 5.92 Å². The summed E-state index contributed by atoms with van der Waals surface area (Å²) in [5.41, 5.74) is 3.10. The Morgan fingerprint density at radius 3 is 2.58 bits per heavy atom. The third-order valence-electron chi connectivity index (χ3n) is 11.2. The molecule has 5 atom stereocenters. The Kier molecular flexibility index (Phi) is 11.6. The fourth-order valence-corrected chi connectivity index (χ4v) is 9.11. The van der Waals surface area contributed by atoms with Crippen molar-refractivity contribution in [2.75, 3.05) is 38.7 Å². The second kappa shape index (κ2) is 15.2. The highest BCUT2D eigenvalue weighted by molar-refractivity contribution is 7.90. The SMILES string of the molecule is CC(C)N(C)C(=O)[C@@H](/C(F)=C/C[C@H](C)[C@@H](C)S(=O)(=O)NC(=O)c1ccc2c(c1)N(C)C[C@@]1(CCCc3cc(Cl)ccc31)CO2)N1CCC[C@H]1C. The lowest BCUT2D eigenvalue weighted by atomic mass is 9.70. The maximum Gasteiger partial charge on any atom is 0.264 e. The van der Waals surface area contributed by atoms with Gasteiger partial charge in [0.2, 0.25) is 15.9 Å². The number of likely N-dealkylation sites (N-methyl/N-ethyl adjacent to an activating group) is 2. The number of sulfonamides is 1. The minimum atomic E-state index is -4.13. The summed E-state index contributed by atoms with van der Waals surface area (Å²) in [7, 11) is -0.505. The van der Waals surface area contributed by atoms with Gasteiger partial charge >= 0.3 is 0 Å². The van der Waals surface area contributed by atoms with Gasteiger partial charge in [-0.15, -0.1) is 0 Å². The van der Waals surface area contributed by atoms with Crippen molar-refractivity contribution < 1.29 is 27.1 Å². The van der Waals surface area contributed by atoms with Crippen LogP contribution in [0.2, 0.25) is 5.02 Å². The number of allylic oxidation sites excluding steroid dienone is 1. The van der Waals surface area contributed by atoms with Crippen molar-refractivity contribution in [2.45, 2.75) is 102 Å². The van der Waals surface area contributed by atoms with E-state index in [2.05, 4.69) is 15.7 Å². The van der Waals surface area contributed by atoms with Crippen LogP contribution in [0.15, 0.2) is 48.3 Å². The lowest BCUT2D eigenvalue weighted by Gasteiger charge is -2.39. The Morgan fingerprint density at radius 2 is 1.90 bits per heavy atom. The van der Waals surface area contributed by atoms with Gasteiger partial charge in [-0.05, 0) is 120 Å². The molecule has 2 aromatic carbocycles.